The lowest BCUT2D eigenvalue weighted by Crippen LogP contribution is -2.42. The van der Waals surface area contributed by atoms with Crippen LogP contribution in [0.3, 0.4) is 0 Å². The minimum atomic E-state index is -3.49. The molecule has 1 aliphatic rings. The van der Waals surface area contributed by atoms with Crippen molar-refractivity contribution in [2.45, 2.75) is 19.8 Å². The molecule has 0 amide bonds. The number of hydrogen-bond donors (Lipinski definition) is 1. The van der Waals surface area contributed by atoms with Crippen LogP contribution in [-0.2, 0) is 10.2 Å². The molecule has 7 heteroatoms. The van der Waals surface area contributed by atoms with Crippen molar-refractivity contribution in [1.82, 2.24) is 4.31 Å². The molecular weight excluding hydrogens is 352 g/mol. The van der Waals surface area contributed by atoms with Gasteiger partial charge in [0.2, 0.25) is 0 Å². The zero-order valence-electron chi connectivity index (χ0n) is 10.6. The molecule has 1 aromatic carbocycles. The van der Waals surface area contributed by atoms with Crippen LogP contribution in [0.2, 0.25) is 5.02 Å². The quantitative estimate of drug-likeness (QED) is 0.889. The Morgan fingerprint density at radius 3 is 2.84 bits per heavy atom. The molecule has 1 aliphatic heterocycles. The lowest BCUT2D eigenvalue weighted by Gasteiger charge is -2.30. The van der Waals surface area contributed by atoms with E-state index in [9.17, 15) is 8.42 Å². The summed E-state index contributed by atoms with van der Waals surface area (Å²) in [5.41, 5.74) is 0.478. The molecule has 1 unspecified atom stereocenters. The molecule has 1 heterocycles. The van der Waals surface area contributed by atoms with E-state index in [1.165, 1.54) is 4.31 Å². The SMILES string of the molecule is CC1CCCN(S(=O)(=O)Nc2ccc(Br)c(Cl)c2)C1. The van der Waals surface area contributed by atoms with E-state index < -0.39 is 10.2 Å². The molecule has 0 saturated carbocycles. The number of rotatable bonds is 3. The lowest BCUT2D eigenvalue weighted by atomic mass is 10.0. The predicted molar refractivity (Wildman–Crippen MR) is 81.7 cm³/mol. The monoisotopic (exact) mass is 366 g/mol. The van der Waals surface area contributed by atoms with Crippen molar-refractivity contribution in [3.05, 3.63) is 27.7 Å². The first-order valence-corrected chi connectivity index (χ1v) is 8.72. The van der Waals surface area contributed by atoms with Gasteiger partial charge in [-0.3, -0.25) is 4.72 Å². The second kappa shape index (κ2) is 5.99. The predicted octanol–water partition coefficient (Wildman–Crippen LogP) is 3.49. The number of nitrogens with one attached hydrogen (secondary N) is 1. The third-order valence-electron chi connectivity index (χ3n) is 3.13. The Bertz CT molecular complexity index is 565. The third kappa shape index (κ3) is 3.84. The molecule has 0 radical (unpaired) electrons. The van der Waals surface area contributed by atoms with Gasteiger partial charge in [0.25, 0.3) is 0 Å². The van der Waals surface area contributed by atoms with Gasteiger partial charge in [0.15, 0.2) is 0 Å². The maximum atomic E-state index is 12.3. The zero-order valence-corrected chi connectivity index (χ0v) is 13.7. The Kier molecular flexibility index (Phi) is 4.76. The van der Waals surface area contributed by atoms with Crippen LogP contribution in [0.4, 0.5) is 5.69 Å². The largest absolute Gasteiger partial charge is 0.301 e. The molecule has 0 spiro atoms. The number of hydrogen-bond acceptors (Lipinski definition) is 2. The molecule has 106 valence electrons. The minimum Gasteiger partial charge on any atom is -0.271 e. The van der Waals surface area contributed by atoms with Gasteiger partial charge < -0.3 is 0 Å². The molecule has 19 heavy (non-hydrogen) atoms. The van der Waals surface area contributed by atoms with Gasteiger partial charge in [-0.15, -0.1) is 0 Å². The van der Waals surface area contributed by atoms with E-state index in [4.69, 9.17) is 11.6 Å². The molecule has 1 atom stereocenters. The van der Waals surface area contributed by atoms with Gasteiger partial charge in [0.1, 0.15) is 0 Å². The Morgan fingerprint density at radius 2 is 2.21 bits per heavy atom. The second-order valence-corrected chi connectivity index (χ2v) is 7.77. The topological polar surface area (TPSA) is 49.4 Å². The molecule has 4 nitrogen and oxygen atoms in total. The summed E-state index contributed by atoms with van der Waals surface area (Å²) in [6, 6.07) is 5.00. The van der Waals surface area contributed by atoms with Crippen molar-refractivity contribution in [3.63, 3.8) is 0 Å². The summed E-state index contributed by atoms with van der Waals surface area (Å²) in [5.74, 6) is 0.402. The average molecular weight is 368 g/mol. The van der Waals surface area contributed by atoms with Crippen LogP contribution in [0.25, 0.3) is 0 Å². The number of anilines is 1. The van der Waals surface area contributed by atoms with Crippen LogP contribution in [-0.4, -0.2) is 25.8 Å². The summed E-state index contributed by atoms with van der Waals surface area (Å²) < 4.78 is 29.3. The molecule has 1 fully saturated rings. The standard InChI is InChI=1S/C12H16BrClN2O2S/c1-9-3-2-6-16(8-9)19(17,18)15-10-4-5-11(13)12(14)7-10/h4-5,7,9,15H,2-3,6,8H2,1H3. The fourth-order valence-corrected chi connectivity index (χ4v) is 3.94. The van der Waals surface area contributed by atoms with E-state index in [2.05, 4.69) is 27.6 Å². The normalized spacial score (nSPS) is 21.3. The number of nitrogens with zero attached hydrogens (tertiary/aromatic N) is 1. The second-order valence-electron chi connectivity index (χ2n) is 4.84. The Hall–Kier alpha value is -0.300. The maximum absolute atomic E-state index is 12.3. The van der Waals surface area contributed by atoms with Crippen LogP contribution in [0.15, 0.2) is 22.7 Å². The summed E-state index contributed by atoms with van der Waals surface area (Å²) in [5, 5.41) is 0.479. The Morgan fingerprint density at radius 1 is 1.47 bits per heavy atom. The van der Waals surface area contributed by atoms with Gasteiger partial charge in [-0.2, -0.15) is 12.7 Å². The van der Waals surface area contributed by atoms with Crippen molar-refractivity contribution >= 4 is 43.4 Å². The molecule has 1 N–H and O–H groups in total. The van der Waals surface area contributed by atoms with Gasteiger partial charge in [-0.05, 0) is 52.9 Å². The molecular formula is C12H16BrClN2O2S. The first kappa shape index (κ1) is 15.1. The Labute approximate surface area is 127 Å². The van der Waals surface area contributed by atoms with Crippen LogP contribution < -0.4 is 4.72 Å². The summed E-state index contributed by atoms with van der Waals surface area (Å²) >= 11 is 9.23. The first-order valence-electron chi connectivity index (χ1n) is 6.11. The summed E-state index contributed by atoms with van der Waals surface area (Å²) in [7, 11) is -3.49. The van der Waals surface area contributed by atoms with Gasteiger partial charge in [-0.25, -0.2) is 0 Å². The summed E-state index contributed by atoms with van der Waals surface area (Å²) in [6.07, 6.45) is 1.99. The molecule has 0 aromatic heterocycles. The van der Waals surface area contributed by atoms with Crippen LogP contribution in [0, 0.1) is 5.92 Å². The van der Waals surface area contributed by atoms with E-state index in [1.54, 1.807) is 18.2 Å². The number of halogens is 2. The fourth-order valence-electron chi connectivity index (χ4n) is 2.14. The van der Waals surface area contributed by atoms with Crippen molar-refractivity contribution in [1.29, 1.82) is 0 Å². The van der Waals surface area contributed by atoms with Crippen LogP contribution in [0.1, 0.15) is 19.8 Å². The summed E-state index contributed by atoms with van der Waals surface area (Å²) in [4.78, 5) is 0. The van der Waals surface area contributed by atoms with Crippen LogP contribution >= 0.6 is 27.5 Å². The lowest BCUT2D eigenvalue weighted by molar-refractivity contribution is 0.282. The van der Waals surface area contributed by atoms with Gasteiger partial charge in [-0.1, -0.05) is 18.5 Å². The van der Waals surface area contributed by atoms with E-state index in [0.29, 0.717) is 29.7 Å². The Balaban J connectivity index is 2.14. The van der Waals surface area contributed by atoms with Crippen molar-refractivity contribution in [2.24, 2.45) is 5.92 Å². The van der Waals surface area contributed by atoms with Gasteiger partial charge in [0, 0.05) is 17.6 Å². The zero-order chi connectivity index (χ0) is 14.0. The molecule has 0 aliphatic carbocycles. The highest BCUT2D eigenvalue weighted by Crippen LogP contribution is 2.27. The molecule has 1 saturated heterocycles. The highest BCUT2D eigenvalue weighted by atomic mass is 79.9. The van der Waals surface area contributed by atoms with Crippen molar-refractivity contribution in [3.8, 4) is 0 Å². The average Bonchev–Trinajstić information content (AvgIpc) is 2.33. The van der Waals surface area contributed by atoms with Gasteiger partial charge >= 0.3 is 10.2 Å². The highest BCUT2D eigenvalue weighted by Gasteiger charge is 2.26. The maximum Gasteiger partial charge on any atom is 0.301 e. The number of benzene rings is 1. The number of piperidine rings is 1. The molecule has 1 aromatic rings. The molecule has 0 bridgehead atoms. The van der Waals surface area contributed by atoms with Crippen LogP contribution in [0.5, 0.6) is 0 Å². The smallest absolute Gasteiger partial charge is 0.271 e. The third-order valence-corrected chi connectivity index (χ3v) is 5.86. The van der Waals surface area contributed by atoms with Crippen molar-refractivity contribution in [2.75, 3.05) is 17.8 Å². The van der Waals surface area contributed by atoms with E-state index in [1.807, 2.05) is 0 Å². The highest BCUT2D eigenvalue weighted by molar-refractivity contribution is 9.10. The van der Waals surface area contributed by atoms with E-state index in [-0.39, 0.29) is 0 Å². The summed E-state index contributed by atoms with van der Waals surface area (Å²) in [6.45, 7) is 3.21. The van der Waals surface area contributed by atoms with Crippen molar-refractivity contribution < 1.29 is 8.42 Å². The fraction of sp³-hybridized carbons (Fsp3) is 0.500. The first-order chi connectivity index (χ1) is 8.88. The minimum absolute atomic E-state index is 0.402. The van der Waals surface area contributed by atoms with E-state index >= 15 is 0 Å². The van der Waals surface area contributed by atoms with E-state index in [0.717, 1.165) is 17.3 Å². The van der Waals surface area contributed by atoms with Gasteiger partial charge in [0.05, 0.1) is 10.7 Å². The molecule has 2 rings (SSSR count).